The Labute approximate surface area is 189 Å². The van der Waals surface area contributed by atoms with Crippen LogP contribution in [0.25, 0.3) is 0 Å². The van der Waals surface area contributed by atoms with Crippen LogP contribution < -0.4 is 10.6 Å². The number of hydrogen-bond acceptors (Lipinski definition) is 6. The average molecular weight is 446 g/mol. The van der Waals surface area contributed by atoms with Gasteiger partial charge in [-0.25, -0.2) is 4.68 Å². The number of carbonyl (C=O) groups is 1. The zero-order valence-corrected chi connectivity index (χ0v) is 20.1. The molecule has 2 aromatic rings. The third-order valence-electron chi connectivity index (χ3n) is 6.07. The molecule has 0 unspecified atom stereocenters. The second kappa shape index (κ2) is 9.94. The molecule has 0 saturated heterocycles. The van der Waals surface area contributed by atoms with Gasteiger partial charge in [0.05, 0.1) is 5.75 Å². The second-order valence-electron chi connectivity index (χ2n) is 9.54. The molecule has 0 spiro atoms. The van der Waals surface area contributed by atoms with Gasteiger partial charge in [-0.2, -0.15) is 0 Å². The molecular formula is C23H35N5O2S. The van der Waals surface area contributed by atoms with E-state index in [1.54, 1.807) is 0 Å². The van der Waals surface area contributed by atoms with Crippen molar-refractivity contribution in [3.05, 3.63) is 35.7 Å². The Hall–Kier alpha value is -2.22. The number of hydrogen-bond donors (Lipinski definition) is 1. The fourth-order valence-electron chi connectivity index (χ4n) is 3.76. The van der Waals surface area contributed by atoms with Crippen LogP contribution in [0.15, 0.2) is 29.4 Å². The van der Waals surface area contributed by atoms with Crippen molar-refractivity contribution in [2.75, 3.05) is 18.6 Å². The number of nitrogen functional groups attached to an aromatic ring is 1. The molecule has 0 bridgehead atoms. The molecule has 3 rings (SSSR count). The van der Waals surface area contributed by atoms with Crippen molar-refractivity contribution in [1.82, 2.24) is 19.8 Å². The molecule has 1 aliphatic rings. The van der Waals surface area contributed by atoms with Gasteiger partial charge in [-0.1, -0.05) is 51.6 Å². The summed E-state index contributed by atoms with van der Waals surface area (Å²) >= 11 is 1.31. The maximum Gasteiger partial charge on any atom is 0.233 e. The molecular weight excluding hydrogens is 410 g/mol. The van der Waals surface area contributed by atoms with Crippen LogP contribution in [0, 0.1) is 5.92 Å². The van der Waals surface area contributed by atoms with Gasteiger partial charge in [0.15, 0.2) is 5.82 Å². The second-order valence-corrected chi connectivity index (χ2v) is 10.5. The van der Waals surface area contributed by atoms with Crippen molar-refractivity contribution in [2.24, 2.45) is 5.92 Å². The summed E-state index contributed by atoms with van der Waals surface area (Å²) in [5.74, 6) is 8.57. The molecule has 0 aliphatic heterocycles. The van der Waals surface area contributed by atoms with Crippen molar-refractivity contribution in [1.29, 1.82) is 0 Å². The largest absolute Gasteiger partial charge is 0.486 e. The van der Waals surface area contributed by atoms with E-state index in [-0.39, 0.29) is 17.9 Å². The Morgan fingerprint density at radius 3 is 2.45 bits per heavy atom. The number of rotatable bonds is 7. The number of nitrogens with zero attached hydrogens (tertiary/aromatic N) is 4. The standard InChI is InChI=1S/C23H35N5O2S/c1-16-6-10-18(11-7-16)27(5)21(29)15-31-22-26-25-20(28(22)24)14-30-19-12-8-17(9-13-19)23(2,3)4/h8-9,12-13,16,18H,6-7,10-11,14-15,24H2,1-5H3. The fraction of sp³-hybridized carbons (Fsp3) is 0.609. The van der Waals surface area contributed by atoms with Crippen molar-refractivity contribution < 1.29 is 9.53 Å². The first kappa shape index (κ1) is 23.4. The number of ether oxygens (including phenoxy) is 1. The van der Waals surface area contributed by atoms with Gasteiger partial charge in [0.1, 0.15) is 12.4 Å². The summed E-state index contributed by atoms with van der Waals surface area (Å²) in [4.78, 5) is 14.5. The molecule has 0 atom stereocenters. The van der Waals surface area contributed by atoms with E-state index < -0.39 is 0 Å². The normalized spacial score (nSPS) is 19.3. The summed E-state index contributed by atoms with van der Waals surface area (Å²) in [6.45, 7) is 9.03. The van der Waals surface area contributed by atoms with Gasteiger partial charge < -0.3 is 15.5 Å². The van der Waals surface area contributed by atoms with E-state index in [0.717, 1.165) is 24.5 Å². The van der Waals surface area contributed by atoms with Gasteiger partial charge >= 0.3 is 0 Å². The van der Waals surface area contributed by atoms with Crippen molar-refractivity contribution >= 4 is 17.7 Å². The minimum atomic E-state index is 0.100. The lowest BCUT2D eigenvalue weighted by molar-refractivity contribution is -0.129. The van der Waals surface area contributed by atoms with Gasteiger partial charge in [-0.15, -0.1) is 10.2 Å². The van der Waals surface area contributed by atoms with E-state index in [1.807, 2.05) is 24.1 Å². The smallest absolute Gasteiger partial charge is 0.233 e. The zero-order chi connectivity index (χ0) is 22.6. The molecule has 8 heteroatoms. The molecule has 1 aromatic carbocycles. The van der Waals surface area contributed by atoms with Gasteiger partial charge in [0.25, 0.3) is 0 Å². The summed E-state index contributed by atoms with van der Waals surface area (Å²) in [5.41, 5.74) is 1.35. The van der Waals surface area contributed by atoms with Crippen molar-refractivity contribution in [3.63, 3.8) is 0 Å². The van der Waals surface area contributed by atoms with Crippen LogP contribution in [0.3, 0.4) is 0 Å². The first-order valence-corrected chi connectivity index (χ1v) is 11.9. The highest BCUT2D eigenvalue weighted by atomic mass is 32.2. The van der Waals surface area contributed by atoms with Crippen LogP contribution in [0.4, 0.5) is 0 Å². The summed E-state index contributed by atoms with van der Waals surface area (Å²) in [7, 11) is 1.90. The van der Waals surface area contributed by atoms with Gasteiger partial charge in [0.2, 0.25) is 11.1 Å². The Morgan fingerprint density at radius 1 is 1.19 bits per heavy atom. The number of amides is 1. The van der Waals surface area contributed by atoms with Crippen LogP contribution >= 0.6 is 11.8 Å². The summed E-state index contributed by atoms with van der Waals surface area (Å²) in [6, 6.07) is 8.38. The zero-order valence-electron chi connectivity index (χ0n) is 19.3. The topological polar surface area (TPSA) is 86.3 Å². The molecule has 1 aliphatic carbocycles. The Balaban J connectivity index is 1.50. The average Bonchev–Trinajstić information content (AvgIpc) is 3.09. The summed E-state index contributed by atoms with van der Waals surface area (Å²) in [6.07, 6.45) is 4.54. The molecule has 7 nitrogen and oxygen atoms in total. The highest BCUT2D eigenvalue weighted by Gasteiger charge is 2.25. The number of carbonyl (C=O) groups excluding carboxylic acids is 1. The third kappa shape index (κ3) is 6.15. The van der Waals surface area contributed by atoms with E-state index >= 15 is 0 Å². The predicted molar refractivity (Wildman–Crippen MR) is 125 cm³/mol. The first-order chi connectivity index (χ1) is 14.6. The van der Waals surface area contributed by atoms with E-state index in [0.29, 0.717) is 22.8 Å². The minimum absolute atomic E-state index is 0.100. The minimum Gasteiger partial charge on any atom is -0.486 e. The maximum atomic E-state index is 12.6. The molecule has 1 heterocycles. The number of nitrogens with two attached hydrogens (primary N) is 1. The molecule has 1 saturated carbocycles. The maximum absolute atomic E-state index is 12.6. The molecule has 1 fully saturated rings. The van der Waals surface area contributed by atoms with E-state index in [2.05, 4.69) is 50.0 Å². The Bertz CT molecular complexity index is 867. The molecule has 0 radical (unpaired) electrons. The highest BCUT2D eigenvalue weighted by molar-refractivity contribution is 7.99. The van der Waals surface area contributed by atoms with Crippen molar-refractivity contribution in [2.45, 2.75) is 76.6 Å². The molecule has 2 N–H and O–H groups in total. The SMILES string of the molecule is CC1CCC(N(C)C(=O)CSc2nnc(COc3ccc(C(C)(C)C)cc3)n2N)CC1. The van der Waals surface area contributed by atoms with Crippen LogP contribution in [0.1, 0.15) is 64.8 Å². The lowest BCUT2D eigenvalue weighted by atomic mass is 9.87. The highest BCUT2D eigenvalue weighted by Crippen LogP contribution is 2.27. The van der Waals surface area contributed by atoms with Crippen LogP contribution in [0.2, 0.25) is 0 Å². The van der Waals surface area contributed by atoms with Gasteiger partial charge in [-0.05, 0) is 54.7 Å². The van der Waals surface area contributed by atoms with E-state index in [4.69, 9.17) is 10.6 Å². The predicted octanol–water partition coefficient (Wildman–Crippen LogP) is 4.00. The van der Waals surface area contributed by atoms with E-state index in [1.165, 1.54) is 34.8 Å². The molecule has 170 valence electrons. The monoisotopic (exact) mass is 445 g/mol. The Morgan fingerprint density at radius 2 is 1.84 bits per heavy atom. The third-order valence-corrected chi connectivity index (χ3v) is 7.00. The number of thioether (sulfide) groups is 1. The number of benzene rings is 1. The van der Waals surface area contributed by atoms with Crippen LogP contribution in [-0.2, 0) is 16.8 Å². The summed E-state index contributed by atoms with van der Waals surface area (Å²) < 4.78 is 7.22. The van der Waals surface area contributed by atoms with Gasteiger partial charge in [0, 0.05) is 13.1 Å². The van der Waals surface area contributed by atoms with Crippen LogP contribution in [0.5, 0.6) is 5.75 Å². The van der Waals surface area contributed by atoms with Crippen molar-refractivity contribution in [3.8, 4) is 5.75 Å². The Kier molecular flexibility index (Phi) is 7.51. The lowest BCUT2D eigenvalue weighted by Gasteiger charge is -2.33. The van der Waals surface area contributed by atoms with Crippen LogP contribution in [-0.4, -0.2) is 44.5 Å². The quantitative estimate of drug-likeness (QED) is 0.512. The number of aromatic nitrogens is 3. The lowest BCUT2D eigenvalue weighted by Crippen LogP contribution is -2.40. The summed E-state index contributed by atoms with van der Waals surface area (Å²) in [5, 5.41) is 8.77. The molecule has 1 aromatic heterocycles. The fourth-order valence-corrected chi connectivity index (χ4v) is 4.56. The first-order valence-electron chi connectivity index (χ1n) is 11.0. The van der Waals surface area contributed by atoms with Gasteiger partial charge in [-0.3, -0.25) is 4.79 Å². The molecule has 31 heavy (non-hydrogen) atoms. The molecule has 1 amide bonds. The van der Waals surface area contributed by atoms with E-state index in [9.17, 15) is 4.79 Å².